The van der Waals surface area contributed by atoms with Crippen LogP contribution < -0.4 is 5.73 Å². The maximum absolute atomic E-state index is 13.5. The number of fused-ring (bicyclic) bond motifs is 3. The highest BCUT2D eigenvalue weighted by Crippen LogP contribution is 2.52. The first-order chi connectivity index (χ1) is 16.1. The molecule has 0 saturated heterocycles. The standard InChI is InChI=1S/C25H26N2O7/c1-27-6-4-11(5-7-27)14-2-3-16(28)19-15(14)9-12-8-13-10-17(29)20(24(26)33)23(32)25(13,34)22(31)18(12)21(19)30/h2-4,12-13,28,30,32,34H,5-10H2,1H3,(H2,26,33)/t12-,13+,25+/m1/s1. The zero-order valence-corrected chi connectivity index (χ0v) is 18.7. The topological polar surface area (TPSA) is 161 Å². The third-order valence-electron chi connectivity index (χ3n) is 7.71. The highest BCUT2D eigenvalue weighted by Gasteiger charge is 2.60. The minimum atomic E-state index is -2.54. The molecule has 5 rings (SSSR count). The molecular weight excluding hydrogens is 440 g/mol. The number of carbonyl (C=O) groups excluding carboxylic acids is 3. The number of hydrogen-bond acceptors (Lipinski definition) is 8. The van der Waals surface area contributed by atoms with E-state index in [1.54, 1.807) is 0 Å². The summed E-state index contributed by atoms with van der Waals surface area (Å²) in [6.45, 7) is 1.63. The highest BCUT2D eigenvalue weighted by atomic mass is 16.3. The lowest BCUT2D eigenvalue weighted by atomic mass is 9.59. The summed E-state index contributed by atoms with van der Waals surface area (Å²) in [6, 6.07) is 3.28. The number of rotatable bonds is 2. The summed E-state index contributed by atoms with van der Waals surface area (Å²) in [6.07, 6.45) is 3.00. The quantitative estimate of drug-likeness (QED) is 0.406. The Morgan fingerprint density at radius 1 is 1.18 bits per heavy atom. The Bertz CT molecular complexity index is 1260. The number of ketones is 2. The summed E-state index contributed by atoms with van der Waals surface area (Å²) in [5.74, 6) is -6.17. The van der Waals surface area contributed by atoms with Gasteiger partial charge in [-0.15, -0.1) is 0 Å². The van der Waals surface area contributed by atoms with Gasteiger partial charge in [-0.2, -0.15) is 0 Å². The van der Waals surface area contributed by atoms with Gasteiger partial charge in [0, 0.05) is 31.0 Å². The van der Waals surface area contributed by atoms with Crippen LogP contribution in [0.2, 0.25) is 0 Å². The summed E-state index contributed by atoms with van der Waals surface area (Å²) < 4.78 is 0. The molecule has 0 radical (unpaired) electrons. The van der Waals surface area contributed by atoms with Crippen LogP contribution in [0, 0.1) is 11.8 Å². The van der Waals surface area contributed by atoms with Crippen molar-refractivity contribution in [2.45, 2.75) is 31.3 Å². The molecular formula is C25H26N2O7. The van der Waals surface area contributed by atoms with Gasteiger partial charge >= 0.3 is 0 Å². The SMILES string of the molecule is CN1CC=C(c2ccc(O)c3c2C[C@H]2C[C@H]4CC(=O)C(C(N)=O)=C(O)[C@@]4(O)C(=O)C2=C3O)CC1. The molecule has 34 heavy (non-hydrogen) atoms. The van der Waals surface area contributed by atoms with Crippen LogP contribution in [-0.4, -0.2) is 68.5 Å². The van der Waals surface area contributed by atoms with Crippen LogP contribution >= 0.6 is 0 Å². The van der Waals surface area contributed by atoms with Crippen LogP contribution in [0.4, 0.5) is 0 Å². The van der Waals surface area contributed by atoms with Gasteiger partial charge in [-0.25, -0.2) is 0 Å². The van der Waals surface area contributed by atoms with E-state index in [1.807, 2.05) is 13.1 Å². The summed E-state index contributed by atoms with van der Waals surface area (Å²) in [7, 11) is 2.02. The van der Waals surface area contributed by atoms with Crippen molar-refractivity contribution in [3.05, 3.63) is 51.8 Å². The van der Waals surface area contributed by atoms with Crippen LogP contribution in [0.15, 0.2) is 35.1 Å². The van der Waals surface area contributed by atoms with E-state index in [9.17, 15) is 34.8 Å². The maximum atomic E-state index is 13.5. The molecule has 1 saturated carbocycles. The summed E-state index contributed by atoms with van der Waals surface area (Å²) in [5.41, 5.74) is 4.56. The van der Waals surface area contributed by atoms with Crippen LogP contribution in [0.1, 0.15) is 36.0 Å². The molecule has 1 heterocycles. The number of aromatic hydroxyl groups is 1. The number of likely N-dealkylation sites (N-methyl/N-ethyl adjacent to an activating group) is 1. The fourth-order valence-corrected chi connectivity index (χ4v) is 5.94. The van der Waals surface area contributed by atoms with Gasteiger partial charge in [0.15, 0.2) is 11.4 Å². The number of phenols is 1. The van der Waals surface area contributed by atoms with Crippen LogP contribution in [0.5, 0.6) is 5.75 Å². The summed E-state index contributed by atoms with van der Waals surface area (Å²) in [5, 5.41) is 43.7. The number of aliphatic hydroxyl groups is 3. The van der Waals surface area contributed by atoms with Crippen molar-refractivity contribution in [1.82, 2.24) is 4.90 Å². The van der Waals surface area contributed by atoms with Gasteiger partial charge in [0.2, 0.25) is 5.78 Å². The van der Waals surface area contributed by atoms with Gasteiger partial charge in [0.05, 0.1) is 5.56 Å². The second-order valence-corrected chi connectivity index (χ2v) is 9.63. The van der Waals surface area contributed by atoms with Gasteiger partial charge in [0.25, 0.3) is 5.91 Å². The summed E-state index contributed by atoms with van der Waals surface area (Å²) in [4.78, 5) is 39.9. The van der Waals surface area contributed by atoms with E-state index >= 15 is 0 Å². The number of amides is 1. The fraction of sp³-hybridized carbons (Fsp3) is 0.400. The predicted octanol–water partition coefficient (Wildman–Crippen LogP) is 1.14. The average molecular weight is 466 g/mol. The van der Waals surface area contributed by atoms with Gasteiger partial charge in [0.1, 0.15) is 22.8 Å². The fourth-order valence-electron chi connectivity index (χ4n) is 5.94. The minimum Gasteiger partial charge on any atom is -0.508 e. The first-order valence-electron chi connectivity index (χ1n) is 11.3. The molecule has 0 aromatic heterocycles. The number of phenolic OH excluding ortho intramolecular Hbond substituents is 1. The molecule has 3 aliphatic carbocycles. The lowest BCUT2D eigenvalue weighted by Gasteiger charge is -2.46. The van der Waals surface area contributed by atoms with Gasteiger partial charge in [-0.1, -0.05) is 12.1 Å². The van der Waals surface area contributed by atoms with E-state index in [0.29, 0.717) is 12.0 Å². The maximum Gasteiger partial charge on any atom is 0.255 e. The Morgan fingerprint density at radius 3 is 2.56 bits per heavy atom. The molecule has 0 bridgehead atoms. The minimum absolute atomic E-state index is 0.124. The lowest BCUT2D eigenvalue weighted by molar-refractivity contribution is -0.147. The highest BCUT2D eigenvalue weighted by molar-refractivity contribution is 6.22. The van der Waals surface area contributed by atoms with Crippen molar-refractivity contribution in [3.63, 3.8) is 0 Å². The van der Waals surface area contributed by atoms with Gasteiger partial charge < -0.3 is 31.1 Å². The first kappa shape index (κ1) is 22.4. The Hall–Kier alpha value is -3.43. The van der Waals surface area contributed by atoms with Crippen molar-refractivity contribution in [3.8, 4) is 5.75 Å². The van der Waals surface area contributed by atoms with E-state index in [0.717, 1.165) is 30.6 Å². The molecule has 3 atom stereocenters. The van der Waals surface area contributed by atoms with Crippen molar-refractivity contribution >= 4 is 28.8 Å². The molecule has 1 fully saturated rings. The molecule has 0 spiro atoms. The molecule has 178 valence electrons. The van der Waals surface area contributed by atoms with Gasteiger partial charge in [-0.3, -0.25) is 14.4 Å². The van der Waals surface area contributed by atoms with E-state index in [-0.39, 0.29) is 29.7 Å². The van der Waals surface area contributed by atoms with Crippen molar-refractivity contribution in [2.75, 3.05) is 20.1 Å². The van der Waals surface area contributed by atoms with Gasteiger partial charge in [-0.05, 0) is 55.0 Å². The lowest BCUT2D eigenvalue weighted by Crippen LogP contribution is -2.58. The monoisotopic (exact) mass is 466 g/mol. The van der Waals surface area contributed by atoms with Crippen molar-refractivity contribution < 1.29 is 34.8 Å². The van der Waals surface area contributed by atoms with E-state index in [2.05, 4.69) is 11.0 Å². The van der Waals surface area contributed by atoms with Crippen LogP contribution in [-0.2, 0) is 20.8 Å². The number of hydrogen-bond donors (Lipinski definition) is 5. The van der Waals surface area contributed by atoms with E-state index in [4.69, 9.17) is 5.73 Å². The zero-order valence-electron chi connectivity index (χ0n) is 18.7. The molecule has 1 aromatic rings. The normalized spacial score (nSPS) is 29.4. The van der Waals surface area contributed by atoms with Crippen LogP contribution in [0.3, 0.4) is 0 Å². The molecule has 1 amide bonds. The molecule has 4 aliphatic rings. The molecule has 1 aliphatic heterocycles. The third kappa shape index (κ3) is 2.97. The van der Waals surface area contributed by atoms with E-state index < -0.39 is 52.0 Å². The summed E-state index contributed by atoms with van der Waals surface area (Å²) >= 11 is 0. The number of carbonyl (C=O) groups is 3. The van der Waals surface area contributed by atoms with Crippen LogP contribution in [0.25, 0.3) is 11.3 Å². The number of nitrogens with two attached hydrogens (primary N) is 1. The first-order valence-corrected chi connectivity index (χ1v) is 11.3. The Balaban J connectivity index is 1.67. The molecule has 9 nitrogen and oxygen atoms in total. The second kappa shape index (κ2) is 7.54. The largest absolute Gasteiger partial charge is 0.508 e. The molecule has 1 aromatic carbocycles. The average Bonchev–Trinajstić information content (AvgIpc) is 2.77. The van der Waals surface area contributed by atoms with Crippen molar-refractivity contribution in [2.24, 2.45) is 17.6 Å². The second-order valence-electron chi connectivity index (χ2n) is 9.63. The molecule has 9 heteroatoms. The number of Topliss-reactive ketones (excluding diaryl/α,β-unsaturated/α-hetero) is 2. The number of primary amides is 1. The van der Waals surface area contributed by atoms with Crippen molar-refractivity contribution in [1.29, 1.82) is 0 Å². The Kier molecular flexibility index (Phi) is 4.96. The molecule has 0 unspecified atom stereocenters. The number of benzene rings is 1. The number of nitrogens with zero attached hydrogens (tertiary/aromatic N) is 1. The smallest absolute Gasteiger partial charge is 0.255 e. The Labute approximate surface area is 195 Å². The Morgan fingerprint density at radius 2 is 1.91 bits per heavy atom. The van der Waals surface area contributed by atoms with E-state index in [1.165, 1.54) is 6.07 Å². The third-order valence-corrected chi connectivity index (χ3v) is 7.71. The zero-order chi connectivity index (χ0) is 24.5. The number of aliphatic hydroxyl groups excluding tert-OH is 2. The molecule has 6 N–H and O–H groups in total. The predicted molar refractivity (Wildman–Crippen MR) is 121 cm³/mol.